The number of Topliss-reactive ketones (excluding diaryl/α,β-unsaturated/α-hetero) is 1. The highest BCUT2D eigenvalue weighted by atomic mass is 32.2. The summed E-state index contributed by atoms with van der Waals surface area (Å²) in [5.74, 6) is 0.348. The molecule has 1 unspecified atom stereocenters. The molecule has 1 saturated heterocycles. The average Bonchev–Trinajstić information content (AvgIpc) is 2.95. The standard InChI is InChI=1S/C20H20OS/c1-2-18(21)20-17(12-16-9-10-19(20)22-16)15-8-7-13-5-3-4-6-14(13)11-15/h3-8,11,16,19H,2,9-10,12H2,1H3/t16?,19-/m0/s1. The van der Waals surface area contributed by atoms with E-state index in [1.54, 1.807) is 0 Å². The maximum atomic E-state index is 12.5. The zero-order valence-corrected chi connectivity index (χ0v) is 13.7. The Morgan fingerprint density at radius 2 is 1.95 bits per heavy atom. The summed E-state index contributed by atoms with van der Waals surface area (Å²) in [4.78, 5) is 12.5. The molecule has 2 aromatic carbocycles. The van der Waals surface area contributed by atoms with Crippen LogP contribution in [0.25, 0.3) is 16.3 Å². The molecule has 0 aromatic heterocycles. The van der Waals surface area contributed by atoms with E-state index in [4.69, 9.17) is 0 Å². The van der Waals surface area contributed by atoms with Gasteiger partial charge in [-0.05, 0) is 47.2 Å². The number of rotatable bonds is 3. The number of fused-ring (bicyclic) bond motifs is 3. The number of carbonyl (C=O) groups is 1. The van der Waals surface area contributed by atoms with E-state index < -0.39 is 0 Å². The summed E-state index contributed by atoms with van der Waals surface area (Å²) < 4.78 is 0. The highest BCUT2D eigenvalue weighted by Crippen LogP contribution is 2.49. The smallest absolute Gasteiger partial charge is 0.160 e. The lowest BCUT2D eigenvalue weighted by molar-refractivity contribution is -0.115. The highest BCUT2D eigenvalue weighted by molar-refractivity contribution is 8.01. The van der Waals surface area contributed by atoms with E-state index in [-0.39, 0.29) is 0 Å². The van der Waals surface area contributed by atoms with E-state index in [1.165, 1.54) is 34.8 Å². The highest BCUT2D eigenvalue weighted by Gasteiger charge is 2.37. The van der Waals surface area contributed by atoms with Crippen LogP contribution in [0.1, 0.15) is 38.2 Å². The minimum atomic E-state index is 0.348. The first kappa shape index (κ1) is 14.1. The predicted octanol–water partition coefficient (Wildman–Crippen LogP) is 5.24. The van der Waals surface area contributed by atoms with Crippen molar-refractivity contribution < 1.29 is 4.79 Å². The van der Waals surface area contributed by atoms with Crippen LogP contribution in [0, 0.1) is 0 Å². The van der Waals surface area contributed by atoms with Crippen molar-refractivity contribution in [1.82, 2.24) is 0 Å². The van der Waals surface area contributed by atoms with Crippen molar-refractivity contribution in [3.63, 3.8) is 0 Å². The molecule has 0 spiro atoms. The van der Waals surface area contributed by atoms with E-state index in [2.05, 4.69) is 42.5 Å². The first-order valence-corrected chi connectivity index (χ1v) is 9.11. The molecule has 2 heterocycles. The van der Waals surface area contributed by atoms with E-state index in [1.807, 2.05) is 18.7 Å². The van der Waals surface area contributed by atoms with Crippen LogP contribution >= 0.6 is 11.8 Å². The fourth-order valence-corrected chi connectivity index (χ4v) is 5.47. The fourth-order valence-electron chi connectivity index (χ4n) is 3.79. The van der Waals surface area contributed by atoms with E-state index in [0.29, 0.717) is 22.7 Å². The third kappa shape index (κ3) is 2.30. The van der Waals surface area contributed by atoms with Gasteiger partial charge in [-0.3, -0.25) is 4.79 Å². The fraction of sp³-hybridized carbons (Fsp3) is 0.350. The van der Waals surface area contributed by atoms with E-state index in [9.17, 15) is 4.79 Å². The van der Waals surface area contributed by atoms with Crippen molar-refractivity contribution in [3.8, 4) is 0 Å². The van der Waals surface area contributed by atoms with Crippen LogP contribution in [-0.4, -0.2) is 16.3 Å². The molecule has 2 aliphatic rings. The monoisotopic (exact) mass is 308 g/mol. The Labute approximate surface area is 135 Å². The zero-order chi connectivity index (χ0) is 15.1. The number of hydrogen-bond donors (Lipinski definition) is 0. The predicted molar refractivity (Wildman–Crippen MR) is 95.2 cm³/mol. The first-order valence-electron chi connectivity index (χ1n) is 8.17. The van der Waals surface area contributed by atoms with Gasteiger partial charge in [0.25, 0.3) is 0 Å². The lowest BCUT2D eigenvalue weighted by Crippen LogP contribution is -2.19. The van der Waals surface area contributed by atoms with Gasteiger partial charge in [0.1, 0.15) is 0 Å². The average molecular weight is 308 g/mol. The molecular formula is C20H20OS. The number of thioether (sulfide) groups is 1. The second-order valence-corrected chi connectivity index (χ2v) is 7.77. The second-order valence-electron chi connectivity index (χ2n) is 6.26. The molecule has 0 amide bonds. The minimum Gasteiger partial charge on any atom is -0.295 e. The normalized spacial score (nSPS) is 24.0. The third-order valence-electron chi connectivity index (χ3n) is 4.91. The van der Waals surface area contributed by atoms with Crippen LogP contribution < -0.4 is 0 Å². The Morgan fingerprint density at radius 1 is 1.14 bits per heavy atom. The molecular weight excluding hydrogens is 288 g/mol. The second kappa shape index (κ2) is 5.58. The van der Waals surface area contributed by atoms with Gasteiger partial charge in [0.05, 0.1) is 0 Å². The number of carbonyl (C=O) groups excluding carboxylic acids is 1. The van der Waals surface area contributed by atoms with Crippen molar-refractivity contribution in [2.45, 2.75) is 43.1 Å². The van der Waals surface area contributed by atoms with E-state index in [0.717, 1.165) is 12.0 Å². The Kier molecular flexibility index (Phi) is 3.57. The largest absolute Gasteiger partial charge is 0.295 e. The summed E-state index contributed by atoms with van der Waals surface area (Å²) >= 11 is 2.03. The Hall–Kier alpha value is -1.54. The van der Waals surface area contributed by atoms with Gasteiger partial charge in [-0.1, -0.05) is 43.3 Å². The molecule has 2 bridgehead atoms. The van der Waals surface area contributed by atoms with Gasteiger partial charge in [-0.2, -0.15) is 0 Å². The molecule has 0 aliphatic carbocycles. The van der Waals surface area contributed by atoms with Crippen molar-refractivity contribution in [1.29, 1.82) is 0 Å². The lowest BCUT2D eigenvalue weighted by atomic mass is 9.90. The maximum Gasteiger partial charge on any atom is 0.160 e. The molecule has 0 saturated carbocycles. The van der Waals surface area contributed by atoms with Crippen molar-refractivity contribution >= 4 is 33.9 Å². The van der Waals surface area contributed by atoms with Crippen molar-refractivity contribution in [2.24, 2.45) is 0 Å². The van der Waals surface area contributed by atoms with Gasteiger partial charge in [0.2, 0.25) is 0 Å². The van der Waals surface area contributed by atoms with Crippen molar-refractivity contribution in [2.75, 3.05) is 0 Å². The van der Waals surface area contributed by atoms with Crippen LogP contribution in [0.3, 0.4) is 0 Å². The topological polar surface area (TPSA) is 17.1 Å². The third-order valence-corrected chi connectivity index (χ3v) is 6.49. The summed E-state index contributed by atoms with van der Waals surface area (Å²) in [6, 6.07) is 15.1. The Balaban J connectivity index is 1.87. The van der Waals surface area contributed by atoms with Crippen LogP contribution in [-0.2, 0) is 4.79 Å². The van der Waals surface area contributed by atoms with Crippen LogP contribution in [0.5, 0.6) is 0 Å². The molecule has 112 valence electrons. The number of allylic oxidation sites excluding steroid dienone is 1. The van der Waals surface area contributed by atoms with Gasteiger partial charge in [-0.25, -0.2) is 0 Å². The van der Waals surface area contributed by atoms with Gasteiger partial charge in [0.15, 0.2) is 5.78 Å². The first-order chi connectivity index (χ1) is 10.8. The molecule has 1 fully saturated rings. The minimum absolute atomic E-state index is 0.348. The zero-order valence-electron chi connectivity index (χ0n) is 12.8. The van der Waals surface area contributed by atoms with Gasteiger partial charge in [-0.15, -0.1) is 11.8 Å². The molecule has 2 aliphatic heterocycles. The van der Waals surface area contributed by atoms with Crippen LogP contribution in [0.2, 0.25) is 0 Å². The molecule has 22 heavy (non-hydrogen) atoms. The molecule has 2 aromatic rings. The molecule has 4 rings (SSSR count). The summed E-state index contributed by atoms with van der Waals surface area (Å²) in [6.07, 6.45) is 4.11. The number of ketones is 1. The molecule has 0 radical (unpaired) electrons. The number of hydrogen-bond acceptors (Lipinski definition) is 2. The van der Waals surface area contributed by atoms with Gasteiger partial charge in [0, 0.05) is 22.5 Å². The lowest BCUT2D eigenvalue weighted by Gasteiger charge is -2.26. The Bertz CT molecular complexity index is 774. The van der Waals surface area contributed by atoms with Gasteiger partial charge >= 0.3 is 0 Å². The van der Waals surface area contributed by atoms with Gasteiger partial charge < -0.3 is 0 Å². The number of benzene rings is 2. The quantitative estimate of drug-likeness (QED) is 0.771. The summed E-state index contributed by atoms with van der Waals surface area (Å²) in [7, 11) is 0. The Morgan fingerprint density at radius 3 is 2.77 bits per heavy atom. The van der Waals surface area contributed by atoms with E-state index >= 15 is 0 Å². The molecule has 0 N–H and O–H groups in total. The van der Waals surface area contributed by atoms with Crippen LogP contribution in [0.4, 0.5) is 0 Å². The summed E-state index contributed by atoms with van der Waals surface area (Å²) in [6.45, 7) is 1.99. The van der Waals surface area contributed by atoms with Crippen LogP contribution in [0.15, 0.2) is 48.0 Å². The maximum absolute atomic E-state index is 12.5. The summed E-state index contributed by atoms with van der Waals surface area (Å²) in [5, 5.41) is 3.68. The molecule has 1 nitrogen and oxygen atoms in total. The molecule has 2 heteroatoms. The molecule has 2 atom stereocenters. The van der Waals surface area contributed by atoms with Crippen molar-refractivity contribution in [3.05, 3.63) is 53.6 Å². The SMILES string of the molecule is CCC(=O)C1=C(c2ccc3ccccc3c2)CC2CC[C@@H]1S2. The summed E-state index contributed by atoms with van der Waals surface area (Å²) in [5.41, 5.74) is 3.70.